The van der Waals surface area contributed by atoms with Crippen molar-refractivity contribution in [2.45, 2.75) is 6.54 Å². The second-order valence-corrected chi connectivity index (χ2v) is 5.68. The lowest BCUT2D eigenvalue weighted by Crippen LogP contribution is -2.38. The van der Waals surface area contributed by atoms with Crippen molar-refractivity contribution in [3.05, 3.63) is 44.2 Å². The molecule has 0 aromatic heterocycles. The Bertz CT molecular complexity index is 764. The molecule has 0 aliphatic carbocycles. The normalized spacial score (nSPS) is 10.9. The first-order chi connectivity index (χ1) is 11.5. The Labute approximate surface area is 140 Å². The van der Waals surface area contributed by atoms with E-state index >= 15 is 0 Å². The van der Waals surface area contributed by atoms with Crippen LogP contribution in [0.25, 0.3) is 0 Å². The SMILES string of the molecule is COc1ccc(CNc2c(NCCN(C)C)c(=O)c2=O)cc1OC. The number of hydrogen-bond donors (Lipinski definition) is 2. The molecule has 0 aliphatic heterocycles. The molecule has 0 spiro atoms. The van der Waals surface area contributed by atoms with E-state index in [0.717, 1.165) is 12.1 Å². The first-order valence-corrected chi connectivity index (χ1v) is 7.64. The molecule has 0 unspecified atom stereocenters. The highest BCUT2D eigenvalue weighted by atomic mass is 16.5. The number of likely N-dealkylation sites (N-methyl/N-ethyl adjacent to an activating group) is 1. The Balaban J connectivity index is 2.03. The molecule has 0 saturated carbocycles. The second kappa shape index (κ2) is 7.83. The number of hydrogen-bond acceptors (Lipinski definition) is 7. The first kappa shape index (κ1) is 17.8. The van der Waals surface area contributed by atoms with Crippen LogP contribution in [0.2, 0.25) is 0 Å². The third-order valence-electron chi connectivity index (χ3n) is 3.69. The van der Waals surface area contributed by atoms with Gasteiger partial charge >= 0.3 is 0 Å². The van der Waals surface area contributed by atoms with E-state index in [9.17, 15) is 9.59 Å². The van der Waals surface area contributed by atoms with Gasteiger partial charge in [0.1, 0.15) is 11.4 Å². The molecule has 0 saturated heterocycles. The number of benzene rings is 1. The molecular formula is C17H23N3O4. The van der Waals surface area contributed by atoms with Crippen LogP contribution in [0.15, 0.2) is 27.8 Å². The molecule has 2 rings (SSSR count). The van der Waals surface area contributed by atoms with Crippen LogP contribution in [0.1, 0.15) is 5.56 Å². The molecule has 0 heterocycles. The summed E-state index contributed by atoms with van der Waals surface area (Å²) in [6, 6.07) is 5.50. The van der Waals surface area contributed by atoms with Gasteiger partial charge in [-0.05, 0) is 31.8 Å². The van der Waals surface area contributed by atoms with Crippen LogP contribution in [-0.2, 0) is 6.54 Å². The zero-order valence-corrected chi connectivity index (χ0v) is 14.4. The number of nitrogens with one attached hydrogen (secondary N) is 2. The van der Waals surface area contributed by atoms with Crippen LogP contribution < -0.4 is 31.0 Å². The van der Waals surface area contributed by atoms with Gasteiger partial charge in [-0.1, -0.05) is 6.07 Å². The number of ether oxygens (including phenoxy) is 2. The maximum absolute atomic E-state index is 11.7. The minimum atomic E-state index is -0.483. The predicted molar refractivity (Wildman–Crippen MR) is 95.3 cm³/mol. The number of anilines is 2. The van der Waals surface area contributed by atoms with E-state index in [2.05, 4.69) is 10.6 Å². The minimum Gasteiger partial charge on any atom is -0.493 e. The zero-order valence-electron chi connectivity index (χ0n) is 14.4. The fourth-order valence-electron chi connectivity index (χ4n) is 2.31. The fraction of sp³-hybridized carbons (Fsp3) is 0.412. The maximum Gasteiger partial charge on any atom is 0.253 e. The summed E-state index contributed by atoms with van der Waals surface area (Å²) in [6.45, 7) is 1.78. The molecule has 24 heavy (non-hydrogen) atoms. The Morgan fingerprint density at radius 3 is 2.17 bits per heavy atom. The van der Waals surface area contributed by atoms with Gasteiger partial charge in [-0.3, -0.25) is 9.59 Å². The topological polar surface area (TPSA) is 79.9 Å². The summed E-state index contributed by atoms with van der Waals surface area (Å²) in [5.41, 5.74) is 0.669. The van der Waals surface area contributed by atoms with E-state index in [1.807, 2.05) is 31.1 Å². The highest BCUT2D eigenvalue weighted by Gasteiger charge is 2.20. The van der Waals surface area contributed by atoms with Crippen molar-refractivity contribution in [1.29, 1.82) is 0 Å². The van der Waals surface area contributed by atoms with E-state index in [0.29, 0.717) is 36.0 Å². The second-order valence-electron chi connectivity index (χ2n) is 5.68. The van der Waals surface area contributed by atoms with Gasteiger partial charge in [0.2, 0.25) is 0 Å². The Hall–Kier alpha value is -2.54. The van der Waals surface area contributed by atoms with Gasteiger partial charge in [-0.15, -0.1) is 0 Å². The molecule has 2 N–H and O–H groups in total. The van der Waals surface area contributed by atoms with E-state index in [1.54, 1.807) is 20.3 Å². The van der Waals surface area contributed by atoms with E-state index < -0.39 is 10.9 Å². The van der Waals surface area contributed by atoms with E-state index in [1.165, 1.54) is 0 Å². The third kappa shape index (κ3) is 3.86. The van der Waals surface area contributed by atoms with Gasteiger partial charge in [0, 0.05) is 19.6 Å². The summed E-state index contributed by atoms with van der Waals surface area (Å²) in [4.78, 5) is 25.4. The lowest BCUT2D eigenvalue weighted by Gasteiger charge is -2.17. The van der Waals surface area contributed by atoms with Crippen molar-refractivity contribution >= 4 is 11.4 Å². The molecular weight excluding hydrogens is 310 g/mol. The lowest BCUT2D eigenvalue weighted by molar-refractivity contribution is 0.354. The summed E-state index contributed by atoms with van der Waals surface area (Å²) in [7, 11) is 7.03. The maximum atomic E-state index is 11.7. The Morgan fingerprint density at radius 1 is 0.958 bits per heavy atom. The van der Waals surface area contributed by atoms with Gasteiger partial charge in [0.25, 0.3) is 10.9 Å². The molecule has 0 atom stereocenters. The summed E-state index contributed by atoms with van der Waals surface area (Å²) in [6.07, 6.45) is 0. The summed E-state index contributed by atoms with van der Waals surface area (Å²) in [5.74, 6) is 1.26. The molecule has 0 bridgehead atoms. The van der Waals surface area contributed by atoms with Gasteiger partial charge in [-0.2, -0.15) is 0 Å². The smallest absolute Gasteiger partial charge is 0.253 e. The Kier molecular flexibility index (Phi) is 5.81. The van der Waals surface area contributed by atoms with Crippen molar-refractivity contribution in [1.82, 2.24) is 4.90 Å². The summed E-state index contributed by atoms with van der Waals surface area (Å²) < 4.78 is 10.4. The van der Waals surface area contributed by atoms with Crippen LogP contribution in [0.5, 0.6) is 11.5 Å². The highest BCUT2D eigenvalue weighted by molar-refractivity contribution is 5.74. The van der Waals surface area contributed by atoms with Crippen LogP contribution in [0, 0.1) is 0 Å². The number of rotatable bonds is 9. The fourth-order valence-corrected chi connectivity index (χ4v) is 2.31. The molecule has 2 aromatic carbocycles. The average Bonchev–Trinajstić information content (AvgIpc) is 2.59. The van der Waals surface area contributed by atoms with Gasteiger partial charge in [-0.25, -0.2) is 0 Å². The zero-order chi connectivity index (χ0) is 17.7. The van der Waals surface area contributed by atoms with Crippen LogP contribution in [0.3, 0.4) is 0 Å². The molecule has 0 amide bonds. The predicted octanol–water partition coefficient (Wildman–Crippen LogP) is 0.885. The molecule has 2 aromatic rings. The van der Waals surface area contributed by atoms with E-state index in [4.69, 9.17) is 9.47 Å². The molecule has 7 nitrogen and oxygen atoms in total. The van der Waals surface area contributed by atoms with Crippen molar-refractivity contribution in [2.75, 3.05) is 52.0 Å². The highest BCUT2D eigenvalue weighted by Crippen LogP contribution is 2.28. The third-order valence-corrected chi connectivity index (χ3v) is 3.69. The van der Waals surface area contributed by atoms with E-state index in [-0.39, 0.29) is 0 Å². The lowest BCUT2D eigenvalue weighted by atomic mass is 10.1. The summed E-state index contributed by atoms with van der Waals surface area (Å²) in [5, 5.41) is 6.05. The standard InChI is InChI=1S/C17H23N3O4/c1-20(2)8-7-18-14-15(17(22)16(14)21)19-10-11-5-6-12(23-3)13(9-11)24-4/h5-6,9,18-19H,7-8,10H2,1-4H3. The largest absolute Gasteiger partial charge is 0.493 e. The first-order valence-electron chi connectivity index (χ1n) is 7.64. The van der Waals surface area contributed by atoms with Crippen LogP contribution in [-0.4, -0.2) is 46.3 Å². The molecule has 7 heteroatoms. The van der Waals surface area contributed by atoms with Gasteiger partial charge < -0.3 is 25.0 Å². The molecule has 130 valence electrons. The molecule has 0 aliphatic rings. The van der Waals surface area contributed by atoms with Crippen molar-refractivity contribution in [3.8, 4) is 11.5 Å². The minimum absolute atomic E-state index is 0.341. The van der Waals surface area contributed by atoms with Gasteiger partial charge in [0.15, 0.2) is 11.5 Å². The Morgan fingerprint density at radius 2 is 1.58 bits per heavy atom. The van der Waals surface area contributed by atoms with Gasteiger partial charge in [0.05, 0.1) is 14.2 Å². The van der Waals surface area contributed by atoms with Crippen molar-refractivity contribution in [3.63, 3.8) is 0 Å². The van der Waals surface area contributed by atoms with Crippen molar-refractivity contribution < 1.29 is 9.47 Å². The summed E-state index contributed by atoms with van der Waals surface area (Å²) >= 11 is 0. The quantitative estimate of drug-likeness (QED) is 0.660. The van der Waals surface area contributed by atoms with Crippen LogP contribution >= 0.6 is 0 Å². The number of nitrogens with zero attached hydrogens (tertiary/aromatic N) is 1. The molecule has 0 radical (unpaired) electrons. The van der Waals surface area contributed by atoms with Crippen molar-refractivity contribution in [2.24, 2.45) is 0 Å². The molecule has 0 fully saturated rings. The van der Waals surface area contributed by atoms with Crippen LogP contribution in [0.4, 0.5) is 11.4 Å². The number of methoxy groups -OCH3 is 2. The average molecular weight is 333 g/mol. The monoisotopic (exact) mass is 333 g/mol.